The molecule has 0 saturated heterocycles. The molecule has 0 saturated carbocycles. The summed E-state index contributed by atoms with van der Waals surface area (Å²) in [4.78, 5) is 28.3. The first-order valence-electron chi connectivity index (χ1n) is 9.82. The average molecular weight is 402 g/mol. The minimum absolute atomic E-state index is 0.177. The number of unbranched alkanes of at least 4 members (excludes halogenated alkanes) is 1. The number of aromatic nitrogens is 1. The maximum Gasteiger partial charge on any atom is 0.246 e. The van der Waals surface area contributed by atoms with Crippen molar-refractivity contribution in [3.05, 3.63) is 48.3 Å². The molecule has 2 aromatic rings. The Morgan fingerprint density at radius 3 is 2.66 bits per heavy atom. The summed E-state index contributed by atoms with van der Waals surface area (Å²) < 4.78 is 0. The SMILES string of the molecule is C=C(NC(=O)[C@H](CCCCN)NC(=O)[C@H](N)Cc1c[nH]c2ccccc12)[C@@H](C)O. The van der Waals surface area contributed by atoms with Crippen LogP contribution in [-0.4, -0.2) is 46.6 Å². The standard InChI is InChI=1S/C21H31N5O3/c1-13(14(2)27)25-21(29)19(9-5-6-10-22)26-20(28)17(23)11-15-12-24-18-8-4-3-7-16(15)18/h3-4,7-8,12,14,17,19,24,27H,1,5-6,9-11,22-23H2,2H3,(H,25,29)(H,26,28)/t14-,17-,19+/m1/s1. The quantitative estimate of drug-likeness (QED) is 0.306. The molecular weight excluding hydrogens is 370 g/mol. The van der Waals surface area contributed by atoms with Crippen LogP contribution in [0.5, 0.6) is 0 Å². The number of aliphatic hydroxyl groups is 1. The van der Waals surface area contributed by atoms with Crippen molar-refractivity contribution < 1.29 is 14.7 Å². The minimum atomic E-state index is -0.886. The molecule has 2 rings (SSSR count). The first kappa shape index (κ1) is 22.6. The van der Waals surface area contributed by atoms with E-state index in [1.54, 1.807) is 0 Å². The van der Waals surface area contributed by atoms with Crippen LogP contribution in [0.2, 0.25) is 0 Å². The van der Waals surface area contributed by atoms with Crippen molar-refractivity contribution in [2.45, 2.75) is 50.8 Å². The number of nitrogens with one attached hydrogen (secondary N) is 3. The Balaban J connectivity index is 2.02. The van der Waals surface area contributed by atoms with Gasteiger partial charge >= 0.3 is 0 Å². The number of hydrogen-bond donors (Lipinski definition) is 6. The van der Waals surface area contributed by atoms with E-state index in [0.29, 0.717) is 25.8 Å². The monoisotopic (exact) mass is 401 g/mol. The highest BCUT2D eigenvalue weighted by Gasteiger charge is 2.25. The Kier molecular flexibility index (Phi) is 8.38. The van der Waals surface area contributed by atoms with Crippen LogP contribution in [0.15, 0.2) is 42.7 Å². The van der Waals surface area contributed by atoms with Gasteiger partial charge in [0.15, 0.2) is 0 Å². The molecule has 1 heterocycles. The number of para-hydroxylation sites is 1. The molecule has 1 aromatic carbocycles. The van der Waals surface area contributed by atoms with Gasteiger partial charge < -0.3 is 32.2 Å². The maximum atomic E-state index is 12.6. The van der Waals surface area contributed by atoms with E-state index >= 15 is 0 Å². The van der Waals surface area contributed by atoms with Gasteiger partial charge in [-0.3, -0.25) is 9.59 Å². The molecule has 0 unspecified atom stereocenters. The summed E-state index contributed by atoms with van der Waals surface area (Å²) in [6.45, 7) is 5.63. The number of rotatable bonds is 11. The zero-order valence-corrected chi connectivity index (χ0v) is 16.8. The molecule has 8 nitrogen and oxygen atoms in total. The van der Waals surface area contributed by atoms with Crippen LogP contribution in [-0.2, 0) is 16.0 Å². The number of fused-ring (bicyclic) bond motifs is 1. The van der Waals surface area contributed by atoms with Gasteiger partial charge in [-0.1, -0.05) is 24.8 Å². The molecular formula is C21H31N5O3. The largest absolute Gasteiger partial charge is 0.387 e. The molecule has 0 spiro atoms. The van der Waals surface area contributed by atoms with Crippen LogP contribution in [0.4, 0.5) is 0 Å². The van der Waals surface area contributed by atoms with Crippen molar-refractivity contribution >= 4 is 22.7 Å². The summed E-state index contributed by atoms with van der Waals surface area (Å²) in [5, 5.41) is 15.8. The summed E-state index contributed by atoms with van der Waals surface area (Å²) in [6, 6.07) is 6.20. The van der Waals surface area contributed by atoms with E-state index in [1.807, 2.05) is 30.5 Å². The first-order valence-corrected chi connectivity index (χ1v) is 9.82. The zero-order chi connectivity index (χ0) is 21.4. The number of amides is 2. The highest BCUT2D eigenvalue weighted by molar-refractivity contribution is 5.91. The highest BCUT2D eigenvalue weighted by atomic mass is 16.3. The van der Waals surface area contributed by atoms with E-state index in [0.717, 1.165) is 22.9 Å². The lowest BCUT2D eigenvalue weighted by atomic mass is 10.0. The summed E-state index contributed by atoms with van der Waals surface area (Å²) in [5.41, 5.74) is 13.7. The Bertz CT molecular complexity index is 846. The third kappa shape index (κ3) is 6.42. The van der Waals surface area contributed by atoms with Crippen LogP contribution < -0.4 is 22.1 Å². The maximum absolute atomic E-state index is 12.6. The molecule has 0 radical (unpaired) electrons. The summed E-state index contributed by atoms with van der Waals surface area (Å²) in [6.07, 6.45) is 3.13. The third-order valence-corrected chi connectivity index (χ3v) is 4.82. The molecule has 8 heteroatoms. The van der Waals surface area contributed by atoms with Gasteiger partial charge in [-0.25, -0.2) is 0 Å². The fraction of sp³-hybridized carbons (Fsp3) is 0.429. The van der Waals surface area contributed by atoms with Gasteiger partial charge in [-0.15, -0.1) is 0 Å². The molecule has 2 amide bonds. The second kappa shape index (κ2) is 10.8. The number of carbonyl (C=O) groups excluding carboxylic acids is 2. The van der Waals surface area contributed by atoms with Gasteiger partial charge in [0.05, 0.1) is 12.1 Å². The predicted octanol–water partition coefficient (Wildman–Crippen LogP) is 0.662. The lowest BCUT2D eigenvalue weighted by Gasteiger charge is -2.22. The molecule has 0 bridgehead atoms. The number of aliphatic hydroxyl groups excluding tert-OH is 1. The number of H-pyrrole nitrogens is 1. The van der Waals surface area contributed by atoms with Gasteiger partial charge in [0.25, 0.3) is 0 Å². The molecule has 0 fully saturated rings. The second-order valence-electron chi connectivity index (χ2n) is 7.21. The number of benzene rings is 1. The van der Waals surface area contributed by atoms with Crippen LogP contribution in [0.3, 0.4) is 0 Å². The lowest BCUT2D eigenvalue weighted by Crippen LogP contribution is -2.52. The number of nitrogens with two attached hydrogens (primary N) is 2. The number of carbonyl (C=O) groups is 2. The molecule has 29 heavy (non-hydrogen) atoms. The molecule has 0 aliphatic rings. The van der Waals surface area contributed by atoms with Crippen LogP contribution in [0.25, 0.3) is 10.9 Å². The first-order chi connectivity index (χ1) is 13.8. The second-order valence-corrected chi connectivity index (χ2v) is 7.21. The van der Waals surface area contributed by atoms with Gasteiger partial charge in [0.2, 0.25) is 11.8 Å². The van der Waals surface area contributed by atoms with E-state index in [9.17, 15) is 14.7 Å². The molecule has 0 aliphatic heterocycles. The Morgan fingerprint density at radius 1 is 1.24 bits per heavy atom. The summed E-state index contributed by atoms with van der Waals surface area (Å²) >= 11 is 0. The van der Waals surface area contributed by atoms with Crippen molar-refractivity contribution in [2.75, 3.05) is 6.54 Å². The van der Waals surface area contributed by atoms with Gasteiger partial charge in [-0.05, 0) is 50.8 Å². The Labute approximate surface area is 170 Å². The summed E-state index contributed by atoms with van der Waals surface area (Å²) in [5.74, 6) is -0.841. The fourth-order valence-electron chi connectivity index (χ4n) is 3.02. The van der Waals surface area contributed by atoms with Crippen molar-refractivity contribution in [1.82, 2.24) is 15.6 Å². The van der Waals surface area contributed by atoms with Gasteiger partial charge in [0, 0.05) is 22.8 Å². The average Bonchev–Trinajstić information content (AvgIpc) is 3.09. The van der Waals surface area contributed by atoms with Crippen molar-refractivity contribution in [1.29, 1.82) is 0 Å². The van der Waals surface area contributed by atoms with Crippen molar-refractivity contribution in [3.63, 3.8) is 0 Å². The smallest absolute Gasteiger partial charge is 0.246 e. The van der Waals surface area contributed by atoms with Crippen LogP contribution in [0.1, 0.15) is 31.7 Å². The highest BCUT2D eigenvalue weighted by Crippen LogP contribution is 2.18. The molecule has 8 N–H and O–H groups in total. The van der Waals surface area contributed by atoms with Crippen LogP contribution >= 0.6 is 0 Å². The Hall–Kier alpha value is -2.68. The third-order valence-electron chi connectivity index (χ3n) is 4.82. The molecule has 1 aromatic heterocycles. The number of aromatic amines is 1. The van der Waals surface area contributed by atoms with Crippen LogP contribution in [0, 0.1) is 0 Å². The normalized spacial score (nSPS) is 14.2. The fourth-order valence-corrected chi connectivity index (χ4v) is 3.02. The topological polar surface area (TPSA) is 146 Å². The van der Waals surface area contributed by atoms with Gasteiger partial charge in [0.1, 0.15) is 6.04 Å². The number of hydrogen-bond acceptors (Lipinski definition) is 5. The molecule has 3 atom stereocenters. The van der Waals surface area contributed by atoms with E-state index in [4.69, 9.17) is 11.5 Å². The zero-order valence-electron chi connectivity index (χ0n) is 16.8. The minimum Gasteiger partial charge on any atom is -0.387 e. The van der Waals surface area contributed by atoms with Crippen molar-refractivity contribution in [3.8, 4) is 0 Å². The molecule has 0 aliphatic carbocycles. The predicted molar refractivity (Wildman–Crippen MR) is 114 cm³/mol. The summed E-state index contributed by atoms with van der Waals surface area (Å²) in [7, 11) is 0. The Morgan fingerprint density at radius 2 is 1.97 bits per heavy atom. The van der Waals surface area contributed by atoms with E-state index < -0.39 is 30.0 Å². The van der Waals surface area contributed by atoms with E-state index in [2.05, 4.69) is 22.2 Å². The molecule has 158 valence electrons. The van der Waals surface area contributed by atoms with E-state index in [1.165, 1.54) is 6.92 Å². The van der Waals surface area contributed by atoms with Gasteiger partial charge in [-0.2, -0.15) is 0 Å². The lowest BCUT2D eigenvalue weighted by molar-refractivity contribution is -0.129. The van der Waals surface area contributed by atoms with E-state index in [-0.39, 0.29) is 5.70 Å². The van der Waals surface area contributed by atoms with Crippen molar-refractivity contribution in [2.24, 2.45) is 11.5 Å².